The number of allylic oxidation sites excluding steroid dienone is 4. The third-order valence-corrected chi connectivity index (χ3v) is 9.33. The molecule has 0 spiro atoms. The van der Waals surface area contributed by atoms with Gasteiger partial charge in [0, 0.05) is 22.1 Å². The van der Waals surface area contributed by atoms with Crippen LogP contribution in [0.15, 0.2) is 174 Å². The Kier molecular flexibility index (Phi) is 6.94. The summed E-state index contributed by atoms with van der Waals surface area (Å²) < 4.78 is 6.38. The molecular weight excluding hydrogens is 585 g/mol. The number of fused-ring (bicyclic) bond motifs is 5. The second-order valence-electron chi connectivity index (χ2n) is 12.3. The van der Waals surface area contributed by atoms with Crippen LogP contribution in [-0.2, 0) is 0 Å². The van der Waals surface area contributed by atoms with E-state index in [-0.39, 0.29) is 0 Å². The predicted octanol–water partition coefficient (Wildman–Crippen LogP) is 12.7. The molecule has 3 nitrogen and oxygen atoms in total. The number of pyridine rings is 1. The molecule has 0 unspecified atom stereocenters. The number of nitrogens with zero attached hydrogens (tertiary/aromatic N) is 2. The zero-order chi connectivity index (χ0) is 31.9. The lowest BCUT2D eigenvalue weighted by Crippen LogP contribution is -2.10. The Balaban J connectivity index is 1.18. The van der Waals surface area contributed by atoms with Crippen molar-refractivity contribution < 1.29 is 4.42 Å². The summed E-state index contributed by atoms with van der Waals surface area (Å²) in [6.07, 6.45) is 11.0. The average Bonchev–Trinajstić information content (AvgIpc) is 3.55. The van der Waals surface area contributed by atoms with Gasteiger partial charge < -0.3 is 9.32 Å². The van der Waals surface area contributed by atoms with Gasteiger partial charge in [-0.3, -0.25) is 0 Å². The molecule has 228 valence electrons. The maximum Gasteiger partial charge on any atom is 0.227 e. The van der Waals surface area contributed by atoms with E-state index in [1.165, 1.54) is 22.3 Å². The van der Waals surface area contributed by atoms with Crippen molar-refractivity contribution in [2.45, 2.75) is 12.8 Å². The van der Waals surface area contributed by atoms with Crippen molar-refractivity contribution in [2.24, 2.45) is 0 Å². The molecule has 0 saturated carbocycles. The molecule has 0 aliphatic heterocycles. The third-order valence-electron chi connectivity index (χ3n) is 9.33. The van der Waals surface area contributed by atoms with Gasteiger partial charge in [0.25, 0.3) is 0 Å². The molecule has 8 aromatic rings. The highest BCUT2D eigenvalue weighted by Crippen LogP contribution is 2.41. The fourth-order valence-electron chi connectivity index (χ4n) is 6.91. The first-order valence-electron chi connectivity index (χ1n) is 16.5. The fourth-order valence-corrected chi connectivity index (χ4v) is 6.91. The van der Waals surface area contributed by atoms with E-state index in [2.05, 4.69) is 169 Å². The first-order valence-corrected chi connectivity index (χ1v) is 16.5. The molecule has 1 aliphatic rings. The van der Waals surface area contributed by atoms with E-state index in [0.717, 1.165) is 68.2 Å². The number of anilines is 3. The van der Waals surface area contributed by atoms with Gasteiger partial charge in [-0.25, -0.2) is 4.98 Å². The van der Waals surface area contributed by atoms with Crippen LogP contribution in [0.1, 0.15) is 18.4 Å². The van der Waals surface area contributed by atoms with E-state index in [9.17, 15) is 0 Å². The van der Waals surface area contributed by atoms with Crippen molar-refractivity contribution in [1.29, 1.82) is 0 Å². The van der Waals surface area contributed by atoms with Crippen molar-refractivity contribution >= 4 is 55.5 Å². The number of aromatic nitrogens is 1. The Labute approximate surface area is 279 Å². The second-order valence-corrected chi connectivity index (χ2v) is 12.3. The summed E-state index contributed by atoms with van der Waals surface area (Å²) in [5.74, 6) is 0. The van der Waals surface area contributed by atoms with E-state index in [1.54, 1.807) is 0 Å². The minimum atomic E-state index is 0.639. The average molecular weight is 617 g/mol. The van der Waals surface area contributed by atoms with Crippen molar-refractivity contribution in [3.63, 3.8) is 0 Å². The molecule has 48 heavy (non-hydrogen) atoms. The van der Waals surface area contributed by atoms with Crippen molar-refractivity contribution in [1.82, 2.24) is 4.98 Å². The summed E-state index contributed by atoms with van der Waals surface area (Å²) in [7, 11) is 0. The molecule has 9 rings (SSSR count). The van der Waals surface area contributed by atoms with Crippen LogP contribution in [0.2, 0.25) is 0 Å². The lowest BCUT2D eigenvalue weighted by Gasteiger charge is -2.26. The maximum atomic E-state index is 6.38. The molecule has 0 atom stereocenters. The molecule has 0 fully saturated rings. The Morgan fingerprint density at radius 1 is 0.500 bits per heavy atom. The van der Waals surface area contributed by atoms with Crippen LogP contribution in [0.25, 0.3) is 60.7 Å². The Bertz CT molecular complexity index is 2500. The van der Waals surface area contributed by atoms with E-state index < -0.39 is 0 Å². The molecule has 2 aromatic heterocycles. The van der Waals surface area contributed by atoms with Gasteiger partial charge in [-0.1, -0.05) is 127 Å². The molecule has 1 aliphatic carbocycles. The van der Waals surface area contributed by atoms with Gasteiger partial charge >= 0.3 is 0 Å². The van der Waals surface area contributed by atoms with Gasteiger partial charge in [0.1, 0.15) is 5.58 Å². The summed E-state index contributed by atoms with van der Waals surface area (Å²) in [6.45, 7) is 0. The van der Waals surface area contributed by atoms with Crippen LogP contribution in [0, 0.1) is 0 Å². The Morgan fingerprint density at radius 3 is 1.94 bits per heavy atom. The summed E-state index contributed by atoms with van der Waals surface area (Å²) in [5.41, 5.74) is 11.8. The quantitative estimate of drug-likeness (QED) is 0.186. The van der Waals surface area contributed by atoms with Gasteiger partial charge in [0.15, 0.2) is 0 Å². The monoisotopic (exact) mass is 616 g/mol. The van der Waals surface area contributed by atoms with E-state index in [0.29, 0.717) is 5.71 Å². The van der Waals surface area contributed by atoms with E-state index >= 15 is 0 Å². The highest BCUT2D eigenvalue weighted by Gasteiger charge is 2.18. The van der Waals surface area contributed by atoms with E-state index in [4.69, 9.17) is 9.40 Å². The van der Waals surface area contributed by atoms with Crippen LogP contribution < -0.4 is 4.90 Å². The summed E-state index contributed by atoms with van der Waals surface area (Å²) in [6, 6.07) is 51.8. The minimum Gasteiger partial charge on any atom is -0.437 e. The number of hydrogen-bond acceptors (Lipinski definition) is 3. The number of rotatable bonds is 6. The molecule has 2 heterocycles. The van der Waals surface area contributed by atoms with Crippen LogP contribution in [0.3, 0.4) is 0 Å². The lowest BCUT2D eigenvalue weighted by molar-refractivity contribution is 0.657. The predicted molar refractivity (Wildman–Crippen MR) is 201 cm³/mol. The first kappa shape index (κ1) is 28.1. The SMILES string of the molecule is C1=CC(c2ccc(-c3cccc(N(c4cccc(-c5ccccc5)c4)c4cnc5oc6c7ccccc7ccc6c5c4)c3)cc2)=CCC1. The topological polar surface area (TPSA) is 29.3 Å². The smallest absolute Gasteiger partial charge is 0.227 e. The molecule has 0 saturated heterocycles. The van der Waals surface area contributed by atoms with Gasteiger partial charge in [-0.05, 0) is 88.0 Å². The van der Waals surface area contributed by atoms with Gasteiger partial charge in [0.2, 0.25) is 5.71 Å². The number of benzene rings is 6. The fraction of sp³-hybridized carbons (Fsp3) is 0.0444. The summed E-state index contributed by atoms with van der Waals surface area (Å²) >= 11 is 0. The van der Waals surface area contributed by atoms with Gasteiger partial charge in [0.05, 0.1) is 17.3 Å². The summed E-state index contributed by atoms with van der Waals surface area (Å²) in [4.78, 5) is 7.19. The number of hydrogen-bond donors (Lipinski definition) is 0. The molecular formula is C45H32N2O. The first-order chi connectivity index (χ1) is 23.8. The number of furan rings is 1. The third kappa shape index (κ3) is 5.06. The minimum absolute atomic E-state index is 0.639. The normalized spacial score (nSPS) is 12.9. The molecule has 0 bridgehead atoms. The van der Waals surface area contributed by atoms with E-state index in [1.807, 2.05) is 6.20 Å². The summed E-state index contributed by atoms with van der Waals surface area (Å²) in [5, 5.41) is 4.31. The highest BCUT2D eigenvalue weighted by atomic mass is 16.3. The van der Waals surface area contributed by atoms with Crippen molar-refractivity contribution in [2.75, 3.05) is 4.90 Å². The molecule has 3 heteroatoms. The van der Waals surface area contributed by atoms with Crippen LogP contribution in [-0.4, -0.2) is 4.98 Å². The Morgan fingerprint density at radius 2 is 1.19 bits per heavy atom. The molecule has 0 amide bonds. The van der Waals surface area contributed by atoms with Crippen LogP contribution in [0.5, 0.6) is 0 Å². The van der Waals surface area contributed by atoms with Gasteiger partial charge in [-0.2, -0.15) is 0 Å². The zero-order valence-electron chi connectivity index (χ0n) is 26.4. The van der Waals surface area contributed by atoms with Gasteiger partial charge in [-0.15, -0.1) is 0 Å². The van der Waals surface area contributed by atoms with Crippen molar-refractivity contribution in [3.05, 3.63) is 176 Å². The largest absolute Gasteiger partial charge is 0.437 e. The maximum absolute atomic E-state index is 6.38. The van der Waals surface area contributed by atoms with Crippen LogP contribution >= 0.6 is 0 Å². The molecule has 0 radical (unpaired) electrons. The molecule has 6 aromatic carbocycles. The second kappa shape index (κ2) is 11.9. The van der Waals surface area contributed by atoms with Crippen molar-refractivity contribution in [3.8, 4) is 22.3 Å². The zero-order valence-corrected chi connectivity index (χ0v) is 26.4. The Hall–Kier alpha value is -6.19. The standard InChI is InChI=1S/C45H32N2O/c1-3-11-31(12-4-1)33-21-23-34(24-22-33)37-17-10-19-39(28-37)47(38-18-9-16-36(27-38)32-13-5-2-6-14-32)40-29-43-42-26-25-35-15-7-8-20-41(35)44(42)48-45(43)46-30-40/h2-3,5-30H,1,4H2. The lowest BCUT2D eigenvalue weighted by atomic mass is 9.96. The molecule has 0 N–H and O–H groups in total. The highest BCUT2D eigenvalue weighted by molar-refractivity contribution is 6.14. The van der Waals surface area contributed by atoms with Crippen LogP contribution in [0.4, 0.5) is 17.1 Å².